The van der Waals surface area contributed by atoms with E-state index in [9.17, 15) is 65.2 Å². The first-order valence-electron chi connectivity index (χ1n) is 21.6. The Morgan fingerprint density at radius 1 is 0.712 bits per heavy atom. The number of nitrogens with zero attached hydrogens (tertiary/aromatic N) is 5. The minimum absolute atomic E-state index is 0.0600. The van der Waals surface area contributed by atoms with E-state index in [0.29, 0.717) is 22.4 Å². The van der Waals surface area contributed by atoms with Gasteiger partial charge in [0.25, 0.3) is 5.91 Å². The Hall–Kier alpha value is -5.88. The number of aromatic nitrogens is 1. The highest BCUT2D eigenvalue weighted by atomic mass is 19.4. The maximum absolute atomic E-state index is 14.6. The summed E-state index contributed by atoms with van der Waals surface area (Å²) in [6, 6.07) is -2.59. The highest BCUT2D eigenvalue weighted by Gasteiger charge is 2.45. The SMILES string of the molecule is CCn1cc(C[C@H]2C(=O)N[C@@H](CC(C)C)C(=O)N(C)[C@@H](C)C(=O)O[C@H](CCC#N)C(=O)N[C@@H](CC(F)(F)F)C(=O)N(C)[C@@H](CC(C)C)C(=O)N[C@@H](CC(F)(F)F)C(=O)N2C)c2ccccc21. The van der Waals surface area contributed by atoms with Gasteiger partial charge in [-0.25, -0.2) is 4.79 Å². The predicted octanol–water partition coefficient (Wildman–Crippen LogP) is 4.39. The highest BCUT2D eigenvalue weighted by Crippen LogP contribution is 2.28. The smallest absolute Gasteiger partial charge is 0.391 e. The summed E-state index contributed by atoms with van der Waals surface area (Å²) in [5.74, 6) is -9.69. The summed E-state index contributed by atoms with van der Waals surface area (Å²) < 4.78 is 92.5. The number of para-hydroxylation sites is 1. The number of aryl methyl sites for hydroxylation is 1. The van der Waals surface area contributed by atoms with Crippen LogP contribution in [0.4, 0.5) is 26.3 Å². The molecule has 6 amide bonds. The molecule has 1 aromatic carbocycles. The molecule has 366 valence electrons. The number of nitriles is 1. The van der Waals surface area contributed by atoms with Crippen molar-refractivity contribution in [2.45, 2.75) is 148 Å². The number of rotatable bonds is 11. The van der Waals surface area contributed by atoms with Crippen LogP contribution in [-0.2, 0) is 51.3 Å². The van der Waals surface area contributed by atoms with Crippen LogP contribution in [0.2, 0.25) is 0 Å². The van der Waals surface area contributed by atoms with Crippen LogP contribution >= 0.6 is 0 Å². The zero-order chi connectivity index (χ0) is 50.0. The van der Waals surface area contributed by atoms with Crippen molar-refractivity contribution < 1.29 is 64.6 Å². The van der Waals surface area contributed by atoms with Crippen molar-refractivity contribution in [2.24, 2.45) is 11.8 Å². The number of cyclic esters (lactones) is 1. The van der Waals surface area contributed by atoms with Crippen LogP contribution in [0.1, 0.15) is 85.6 Å². The van der Waals surface area contributed by atoms with E-state index in [2.05, 4.69) is 10.6 Å². The number of amides is 6. The van der Waals surface area contributed by atoms with Crippen LogP contribution in [0, 0.1) is 23.2 Å². The molecule has 66 heavy (non-hydrogen) atoms. The Morgan fingerprint density at radius 2 is 1.20 bits per heavy atom. The van der Waals surface area contributed by atoms with Gasteiger partial charge in [0.1, 0.15) is 36.3 Å². The molecule has 16 nitrogen and oxygen atoms in total. The second-order valence-electron chi connectivity index (χ2n) is 17.4. The lowest BCUT2D eigenvalue weighted by molar-refractivity contribution is -0.166. The number of esters is 1. The number of ether oxygens (including phenoxy) is 1. The monoisotopic (exact) mass is 942 g/mol. The molecule has 7 atom stereocenters. The molecule has 0 unspecified atom stereocenters. The van der Waals surface area contributed by atoms with Crippen molar-refractivity contribution >= 4 is 52.3 Å². The lowest BCUT2D eigenvalue weighted by Gasteiger charge is -2.35. The first-order valence-corrected chi connectivity index (χ1v) is 21.6. The number of hydrogen-bond donors (Lipinski definition) is 3. The predicted molar refractivity (Wildman–Crippen MR) is 227 cm³/mol. The van der Waals surface area contributed by atoms with Crippen LogP contribution in [0.5, 0.6) is 0 Å². The summed E-state index contributed by atoms with van der Waals surface area (Å²) in [5, 5.41) is 16.5. The Balaban J connectivity index is 2.33. The number of likely N-dealkylation sites (N-methyl/N-ethyl adjacent to an activating group) is 3. The molecule has 2 aromatic rings. The fourth-order valence-corrected chi connectivity index (χ4v) is 7.68. The van der Waals surface area contributed by atoms with Crippen molar-refractivity contribution in [3.8, 4) is 6.07 Å². The van der Waals surface area contributed by atoms with Gasteiger partial charge in [0.05, 0.1) is 18.9 Å². The Morgan fingerprint density at radius 3 is 1.71 bits per heavy atom. The zero-order valence-corrected chi connectivity index (χ0v) is 38.5. The molecule has 1 fully saturated rings. The highest BCUT2D eigenvalue weighted by molar-refractivity contribution is 5.98. The molecule has 1 aliphatic heterocycles. The number of benzene rings is 1. The van der Waals surface area contributed by atoms with Crippen molar-refractivity contribution in [2.75, 3.05) is 21.1 Å². The number of nitrogens with one attached hydrogen (secondary N) is 3. The molecule has 0 saturated carbocycles. The van der Waals surface area contributed by atoms with E-state index >= 15 is 0 Å². The molecule has 0 spiro atoms. The van der Waals surface area contributed by atoms with Crippen molar-refractivity contribution in [3.63, 3.8) is 0 Å². The van der Waals surface area contributed by atoms with Gasteiger partial charge in [0.2, 0.25) is 29.5 Å². The minimum atomic E-state index is -5.14. The van der Waals surface area contributed by atoms with E-state index in [-0.39, 0.29) is 25.2 Å². The summed E-state index contributed by atoms with van der Waals surface area (Å²) >= 11 is 0. The number of fused-ring (bicyclic) bond motifs is 1. The average Bonchev–Trinajstić information content (AvgIpc) is 3.59. The Labute approximate surface area is 379 Å². The average molecular weight is 943 g/mol. The van der Waals surface area contributed by atoms with E-state index in [4.69, 9.17) is 4.74 Å². The van der Waals surface area contributed by atoms with Gasteiger partial charge in [-0.1, -0.05) is 45.9 Å². The quantitative estimate of drug-likeness (QED) is 0.216. The van der Waals surface area contributed by atoms with E-state index in [1.807, 2.05) is 16.8 Å². The van der Waals surface area contributed by atoms with E-state index in [1.54, 1.807) is 64.2 Å². The van der Waals surface area contributed by atoms with Crippen LogP contribution in [0.3, 0.4) is 0 Å². The van der Waals surface area contributed by atoms with Gasteiger partial charge in [-0.05, 0) is 50.2 Å². The third-order valence-corrected chi connectivity index (χ3v) is 11.3. The molecule has 3 rings (SSSR count). The lowest BCUT2D eigenvalue weighted by atomic mass is 9.98. The molecule has 0 radical (unpaired) electrons. The van der Waals surface area contributed by atoms with Gasteiger partial charge in [0, 0.05) is 64.1 Å². The van der Waals surface area contributed by atoms with Crippen LogP contribution < -0.4 is 16.0 Å². The maximum Gasteiger partial charge on any atom is 0.391 e. The molecule has 3 N–H and O–H groups in total. The molecule has 2 heterocycles. The molecule has 1 aliphatic rings. The molecule has 0 aliphatic carbocycles. The second-order valence-corrected chi connectivity index (χ2v) is 17.4. The molecule has 0 bridgehead atoms. The topological polar surface area (TPSA) is 203 Å². The number of carbonyl (C=O) groups is 7. The van der Waals surface area contributed by atoms with Crippen molar-refractivity contribution in [3.05, 3.63) is 36.0 Å². The molecule has 22 heteroatoms. The molecule has 1 aromatic heterocycles. The van der Waals surface area contributed by atoms with Gasteiger partial charge >= 0.3 is 18.3 Å². The molecular formula is C44H60F6N8O8. The summed E-state index contributed by atoms with van der Waals surface area (Å²) in [6.45, 7) is 10.1. The van der Waals surface area contributed by atoms with Gasteiger partial charge in [-0.2, -0.15) is 31.6 Å². The Bertz CT molecular complexity index is 2120. The normalized spacial score (nSPS) is 24.3. The maximum atomic E-state index is 14.6. The van der Waals surface area contributed by atoms with Gasteiger partial charge < -0.3 is 40.0 Å². The lowest BCUT2D eigenvalue weighted by Crippen LogP contribution is -2.61. The standard InChI is InChI=1S/C44H60F6N8O8/c1-10-58-23-27(28-14-11-12-15-32(28)58)20-34-37(60)52-29(18-24(2)3)39(62)55(7)26(6)42(65)66-35(16-13-17-51)38(61)54-31(22-44(48,49)50)41(64)56(8)33(19-25(4)5)36(59)53-30(21-43(45,46)47)40(63)57(34)9/h11-12,14-15,23-26,29-31,33-35H,10,13,16,18-22H2,1-9H3,(H,52,60)(H,53,59)(H,54,61)/t26-,29-,30-,31-,33-,34-,35+/m0/s1. The van der Waals surface area contributed by atoms with E-state index in [0.717, 1.165) is 29.4 Å². The van der Waals surface area contributed by atoms with Gasteiger partial charge in [0.15, 0.2) is 6.10 Å². The summed E-state index contributed by atoms with van der Waals surface area (Å²) in [6.07, 6.45) is -16.3. The van der Waals surface area contributed by atoms with Crippen LogP contribution in [0.15, 0.2) is 30.5 Å². The van der Waals surface area contributed by atoms with Gasteiger partial charge in [-0.15, -0.1) is 0 Å². The van der Waals surface area contributed by atoms with Gasteiger partial charge in [-0.3, -0.25) is 28.8 Å². The minimum Gasteiger partial charge on any atom is -0.451 e. The molecular weight excluding hydrogens is 883 g/mol. The third kappa shape index (κ3) is 14.8. The summed E-state index contributed by atoms with van der Waals surface area (Å²) in [7, 11) is 3.12. The zero-order valence-electron chi connectivity index (χ0n) is 38.5. The fourth-order valence-electron chi connectivity index (χ4n) is 7.68. The number of hydrogen-bond acceptors (Lipinski definition) is 9. The van der Waals surface area contributed by atoms with Crippen molar-refractivity contribution in [1.82, 2.24) is 35.2 Å². The second kappa shape index (κ2) is 23.0. The number of carbonyl (C=O) groups excluding carboxylic acids is 7. The summed E-state index contributed by atoms with van der Waals surface area (Å²) in [4.78, 5) is 101. The Kier molecular flexibility index (Phi) is 19.0. The van der Waals surface area contributed by atoms with Crippen molar-refractivity contribution in [1.29, 1.82) is 5.26 Å². The van der Waals surface area contributed by atoms with Crippen LogP contribution in [-0.4, -0.2) is 137 Å². The van der Waals surface area contributed by atoms with E-state index < -0.39 is 128 Å². The van der Waals surface area contributed by atoms with Crippen LogP contribution in [0.25, 0.3) is 10.9 Å². The van der Waals surface area contributed by atoms with E-state index in [1.165, 1.54) is 14.0 Å². The summed E-state index contributed by atoms with van der Waals surface area (Å²) in [5.41, 5.74) is 1.23. The fraction of sp³-hybridized carbons (Fsp3) is 0.636. The first-order chi connectivity index (χ1) is 30.6. The largest absolute Gasteiger partial charge is 0.451 e. The third-order valence-electron chi connectivity index (χ3n) is 11.3. The number of halogens is 6. The molecule has 1 saturated heterocycles. The first kappa shape index (κ1) is 54.5. The number of alkyl halides is 6.